The fourth-order valence-electron chi connectivity index (χ4n) is 15.1. The molecular formula is C104H92N4OPt-2. The average molecular weight is 1620 g/mol. The van der Waals surface area contributed by atoms with Gasteiger partial charge in [0.25, 0.3) is 6.33 Å². The molecule has 0 unspecified atom stereocenters. The SMILES string of the molecule is [2H]c1c([2H])c([2H])c(-c2cccc(-c3c([2H])c([2H])c([2H])c([2H])c3[2H])c2-[n+]2[c-]n(-c3[c-]c(Oc4[c-]c5c(cc4)c4cc(-c6cc7cc(c6)c6cc(C(C)(C)C)cc(c6)c6cc(C(C)(C)C)cc(c6)c6cccc(c6)c6cc(C(C)(C)C)cc(c6)c6cc(C(C)(C)C)cc7c6)ccc4n5-c4cc(C(C)(C)C)ccn4)ccc3)c3ccccc32)c([2H])c1[2H].[Pt]. The van der Waals surface area contributed by atoms with Crippen LogP contribution in [-0.4, -0.2) is 14.1 Å². The van der Waals surface area contributed by atoms with E-state index in [0.717, 1.165) is 81.6 Å². The summed E-state index contributed by atoms with van der Waals surface area (Å²) in [7, 11) is 0. The molecule has 0 fully saturated rings. The molecule has 3 heterocycles. The molecule has 6 heteroatoms. The second-order valence-corrected chi connectivity index (χ2v) is 34.3. The molecular weight excluding hydrogens is 1520 g/mol. The predicted molar refractivity (Wildman–Crippen MR) is 461 cm³/mol. The molecule has 0 spiro atoms. The number of hydrogen-bond acceptors (Lipinski definition) is 2. The van der Waals surface area contributed by atoms with Crippen LogP contribution in [0.15, 0.2) is 285 Å². The van der Waals surface area contributed by atoms with Gasteiger partial charge in [0.05, 0.1) is 30.4 Å². The van der Waals surface area contributed by atoms with Crippen LogP contribution in [0.3, 0.4) is 0 Å². The third kappa shape index (κ3) is 14.0. The molecule has 0 aliphatic rings. The van der Waals surface area contributed by atoms with Gasteiger partial charge in [0.2, 0.25) is 0 Å². The van der Waals surface area contributed by atoms with E-state index in [0.29, 0.717) is 34.0 Å². The Morgan fingerprint density at radius 1 is 0.355 bits per heavy atom. The first-order chi connectivity index (χ1) is 56.2. The standard InChI is InChI=1S/C104H92N4O.Pt/c1-100(2,3)82-43-44-105-98(62-82)108-94-42-39-70(61-93(94)92-41-40-89(64-97(92)108)109-88-34-25-33-87(63-88)106-65-107(96-38-23-22-37-95(96)106)99-90(66-27-18-16-19-28-66)35-26-36-91(99)67-29-20-17-21-30-67)71-46-72-48-73(47-71)77-52-81(60-86(56-77)104(13,14)15)79-50-75(54-84(58-79)102(7,8)9)69-32-24-31-68(45-69)74-49-78(57-83(53-74)101(4,5)6)80-51-76(72)55-85(59-80)103(10,11)12;/h16-62H,1-15H3;/q-2;/i16D,17D,18D,19D,20D,21D,27D,28D,29D,30D;. The molecule has 0 aliphatic heterocycles. The molecule has 110 heavy (non-hydrogen) atoms. The number of nitrogens with zero attached hydrogens (tertiary/aromatic N) is 4. The number of ether oxygens (including phenoxy) is 1. The van der Waals surface area contributed by atoms with Crippen LogP contribution in [0.2, 0.25) is 0 Å². The fraction of sp³-hybridized carbons (Fsp3) is 0.192. The van der Waals surface area contributed by atoms with Gasteiger partial charge in [0.15, 0.2) is 0 Å². The Kier molecular flexibility index (Phi) is 15.5. The van der Waals surface area contributed by atoms with E-state index in [4.69, 9.17) is 17.9 Å². The minimum Gasteiger partial charge on any atom is -0.510 e. The third-order valence-electron chi connectivity index (χ3n) is 21.4. The van der Waals surface area contributed by atoms with Crippen molar-refractivity contribution in [1.82, 2.24) is 14.1 Å². The second kappa shape index (κ2) is 27.7. The normalized spacial score (nSPS) is 13.7. The van der Waals surface area contributed by atoms with Gasteiger partial charge < -0.3 is 13.9 Å². The maximum absolute atomic E-state index is 9.23. The minimum atomic E-state index is -0.582. The molecule has 14 aromatic carbocycles. The van der Waals surface area contributed by atoms with Gasteiger partial charge in [-0.05, 0) is 231 Å². The Bertz CT molecular complexity index is 6980. The molecule has 17 aromatic rings. The van der Waals surface area contributed by atoms with Crippen molar-refractivity contribution < 1.29 is 44.1 Å². The van der Waals surface area contributed by atoms with Gasteiger partial charge >= 0.3 is 0 Å². The first kappa shape index (κ1) is 61.6. The Balaban J connectivity index is 0.0000107. The van der Waals surface area contributed by atoms with Crippen LogP contribution >= 0.6 is 0 Å². The average Bonchev–Trinajstić information content (AvgIpc) is 0.968. The maximum atomic E-state index is 9.23. The zero-order valence-corrected chi connectivity index (χ0v) is 67.1. The van der Waals surface area contributed by atoms with Crippen molar-refractivity contribution in [2.75, 3.05) is 0 Å². The maximum Gasteiger partial charge on any atom is 0.268 e. The number of rotatable bonds is 8. The molecule has 3 aromatic heterocycles. The minimum absolute atomic E-state index is 0. The van der Waals surface area contributed by atoms with Crippen molar-refractivity contribution in [3.8, 4) is 62.1 Å². The van der Waals surface area contributed by atoms with E-state index in [2.05, 4.69) is 279 Å². The van der Waals surface area contributed by atoms with E-state index in [1.165, 1.54) is 43.8 Å². The van der Waals surface area contributed by atoms with Crippen LogP contribution in [0.5, 0.6) is 11.5 Å². The number of para-hydroxylation sites is 3. The van der Waals surface area contributed by atoms with Gasteiger partial charge in [0, 0.05) is 44.3 Å². The van der Waals surface area contributed by atoms with Crippen LogP contribution in [0, 0.1) is 18.5 Å². The van der Waals surface area contributed by atoms with Crippen LogP contribution in [0.1, 0.15) is 145 Å². The van der Waals surface area contributed by atoms with Crippen molar-refractivity contribution in [3.05, 3.63) is 331 Å². The summed E-state index contributed by atoms with van der Waals surface area (Å²) in [6, 6.07) is 79.7. The van der Waals surface area contributed by atoms with E-state index >= 15 is 0 Å². The number of aromatic nitrogens is 4. The van der Waals surface area contributed by atoms with Gasteiger partial charge in [-0.15, -0.1) is 29.7 Å². The summed E-state index contributed by atoms with van der Waals surface area (Å²) in [5, 5.41) is 15.6. The summed E-state index contributed by atoms with van der Waals surface area (Å²) < 4.78 is 101. The summed E-state index contributed by atoms with van der Waals surface area (Å²) in [4.78, 5) is 5.12. The number of imidazole rings is 1. The molecule has 0 atom stereocenters. The van der Waals surface area contributed by atoms with E-state index in [9.17, 15) is 5.48 Å². The number of fused-ring (bicyclic) bond motifs is 22. The molecule has 0 aliphatic carbocycles. The number of pyridine rings is 1. The molecule has 12 bridgehead atoms. The smallest absolute Gasteiger partial charge is 0.268 e. The van der Waals surface area contributed by atoms with Crippen molar-refractivity contribution in [2.24, 2.45) is 0 Å². The summed E-state index contributed by atoms with van der Waals surface area (Å²) >= 11 is 0. The van der Waals surface area contributed by atoms with Crippen molar-refractivity contribution in [3.63, 3.8) is 0 Å². The van der Waals surface area contributed by atoms with Crippen molar-refractivity contribution >= 4 is 97.5 Å². The zero-order chi connectivity index (χ0) is 84.3. The van der Waals surface area contributed by atoms with Crippen LogP contribution in [0.25, 0.3) is 148 Å². The fourth-order valence-corrected chi connectivity index (χ4v) is 15.1. The topological polar surface area (TPSA) is 35.9 Å². The Labute approximate surface area is 675 Å². The number of benzene rings is 13. The van der Waals surface area contributed by atoms with Crippen LogP contribution in [0.4, 0.5) is 0 Å². The largest absolute Gasteiger partial charge is 0.510 e. The first-order valence-electron chi connectivity index (χ1n) is 42.5. The molecule has 17 rings (SSSR count). The van der Waals surface area contributed by atoms with Gasteiger partial charge in [0.1, 0.15) is 5.82 Å². The third-order valence-corrected chi connectivity index (χ3v) is 21.4. The summed E-state index contributed by atoms with van der Waals surface area (Å²) in [5.74, 6) is 1.44. The predicted octanol–water partition coefficient (Wildman–Crippen LogP) is 27.7. The Morgan fingerprint density at radius 3 is 1.30 bits per heavy atom. The van der Waals surface area contributed by atoms with Crippen LogP contribution in [-0.2, 0) is 48.1 Å². The van der Waals surface area contributed by atoms with Crippen LogP contribution < -0.4 is 9.30 Å². The summed E-state index contributed by atoms with van der Waals surface area (Å²) in [6.45, 7) is 34.3. The molecule has 0 radical (unpaired) electrons. The van der Waals surface area contributed by atoms with E-state index in [1.807, 2.05) is 54.7 Å². The first-order valence-corrected chi connectivity index (χ1v) is 37.5. The van der Waals surface area contributed by atoms with Gasteiger partial charge in [-0.2, -0.15) is 18.2 Å². The van der Waals surface area contributed by atoms with Gasteiger partial charge in [-0.25, -0.2) is 4.98 Å². The summed E-state index contributed by atoms with van der Waals surface area (Å²) in [5.41, 5.74) is 10.6. The molecule has 0 amide bonds. The number of hydrogen-bond donors (Lipinski definition) is 0. The zero-order valence-electron chi connectivity index (χ0n) is 74.9. The Morgan fingerprint density at radius 2 is 0.800 bits per heavy atom. The monoisotopic (exact) mass is 1620 g/mol. The van der Waals surface area contributed by atoms with Crippen molar-refractivity contribution in [2.45, 2.75) is 131 Å². The molecule has 0 saturated heterocycles. The van der Waals surface area contributed by atoms with Gasteiger partial charge in [-0.1, -0.05) is 291 Å². The van der Waals surface area contributed by atoms with Crippen molar-refractivity contribution in [1.29, 1.82) is 0 Å². The quantitative estimate of drug-likeness (QED) is 0.112. The van der Waals surface area contributed by atoms with Gasteiger partial charge in [-0.3, -0.25) is 4.57 Å². The second-order valence-electron chi connectivity index (χ2n) is 34.3. The Hall–Kier alpha value is -11.2. The van der Waals surface area contributed by atoms with E-state index in [1.54, 1.807) is 27.3 Å². The summed E-state index contributed by atoms with van der Waals surface area (Å²) in [6.07, 6.45) is 5.36. The molecule has 5 nitrogen and oxygen atoms in total. The van der Waals surface area contributed by atoms with E-state index < -0.39 is 60.4 Å². The molecule has 0 N–H and O–H groups in total. The molecule has 546 valence electrons. The van der Waals surface area contributed by atoms with E-state index in [-0.39, 0.29) is 76.1 Å². The molecule has 0 saturated carbocycles.